The predicted molar refractivity (Wildman–Crippen MR) is 140 cm³/mol. The minimum absolute atomic E-state index is 0.288. The van der Waals surface area contributed by atoms with Gasteiger partial charge in [0.25, 0.3) is 0 Å². The van der Waals surface area contributed by atoms with Gasteiger partial charge in [-0.1, -0.05) is 36.4 Å². The molecule has 0 heterocycles. The van der Waals surface area contributed by atoms with Gasteiger partial charge in [-0.2, -0.15) is 0 Å². The summed E-state index contributed by atoms with van der Waals surface area (Å²) in [5.41, 5.74) is 2.19. The maximum atomic E-state index is 11.5. The Balaban J connectivity index is 1.57. The van der Waals surface area contributed by atoms with Gasteiger partial charge in [0, 0.05) is 12.0 Å². The van der Waals surface area contributed by atoms with Crippen LogP contribution in [0.3, 0.4) is 0 Å². The molecule has 4 unspecified atom stereocenters. The lowest BCUT2D eigenvalue weighted by Crippen LogP contribution is -2.32. The lowest BCUT2D eigenvalue weighted by molar-refractivity contribution is -0.0183. The number of rotatable bonds is 8. The molecule has 2 saturated carbocycles. The van der Waals surface area contributed by atoms with E-state index in [9.17, 15) is 10.2 Å². The number of ether oxygens (including phenoxy) is 2. The van der Waals surface area contributed by atoms with E-state index in [1.54, 1.807) is 0 Å². The zero-order chi connectivity index (χ0) is 24.8. The van der Waals surface area contributed by atoms with Gasteiger partial charge in [-0.05, 0) is 111 Å². The Kier molecular flexibility index (Phi) is 6.41. The maximum Gasteiger partial charge on any atom is 0.127 e. The Hall–Kier alpha value is -2.40. The molecular weight excluding hydrogens is 436 g/mol. The highest BCUT2D eigenvalue weighted by Crippen LogP contribution is 2.55. The average molecular weight is 475 g/mol. The Morgan fingerprint density at radius 1 is 0.971 bits per heavy atom. The molecule has 5 rings (SSSR count). The number of hydrogen-bond acceptors (Lipinski definition) is 4. The van der Waals surface area contributed by atoms with E-state index >= 15 is 0 Å². The van der Waals surface area contributed by atoms with Crippen LogP contribution in [0.4, 0.5) is 0 Å². The van der Waals surface area contributed by atoms with Gasteiger partial charge in [0.2, 0.25) is 0 Å². The second-order valence-electron chi connectivity index (χ2n) is 10.9. The summed E-state index contributed by atoms with van der Waals surface area (Å²) in [4.78, 5) is 0. The minimum Gasteiger partial charge on any atom is -0.493 e. The standard InChI is InChI=1S/C31H38O4/c1-5-34-28-9-7-8-25-26(28)17-22(18-27(25)30(3,4)32)29(35-6-2)21-11-14-23(15-12-21)31(33)19-20-10-13-24(31)16-20/h7-9,11-12,14-15,17-18,20,24,29,32-33H,5-6,10,13,16,19H2,1-4H3. The molecule has 3 aromatic carbocycles. The van der Waals surface area contributed by atoms with Crippen LogP contribution in [0, 0.1) is 11.8 Å². The summed E-state index contributed by atoms with van der Waals surface area (Å²) in [6.45, 7) is 8.75. The first-order valence-corrected chi connectivity index (χ1v) is 13.1. The van der Waals surface area contributed by atoms with Crippen molar-refractivity contribution >= 4 is 10.8 Å². The van der Waals surface area contributed by atoms with Gasteiger partial charge in [0.05, 0.1) is 17.8 Å². The van der Waals surface area contributed by atoms with E-state index in [0.29, 0.717) is 25.0 Å². The molecule has 4 atom stereocenters. The number of hydrogen-bond donors (Lipinski definition) is 2. The summed E-state index contributed by atoms with van der Waals surface area (Å²) >= 11 is 0. The fraction of sp³-hybridized carbons (Fsp3) is 0.484. The summed E-state index contributed by atoms with van der Waals surface area (Å²) in [7, 11) is 0. The van der Waals surface area contributed by atoms with Crippen molar-refractivity contribution in [3.63, 3.8) is 0 Å². The largest absolute Gasteiger partial charge is 0.493 e. The van der Waals surface area contributed by atoms with Crippen LogP contribution in [-0.2, 0) is 15.9 Å². The molecule has 0 radical (unpaired) electrons. The molecule has 2 N–H and O–H groups in total. The normalized spacial score (nSPS) is 24.7. The Morgan fingerprint density at radius 3 is 2.34 bits per heavy atom. The van der Waals surface area contributed by atoms with Crippen LogP contribution in [0.25, 0.3) is 10.8 Å². The third-order valence-electron chi connectivity index (χ3n) is 8.10. The van der Waals surface area contributed by atoms with Gasteiger partial charge in [0.15, 0.2) is 0 Å². The van der Waals surface area contributed by atoms with Crippen LogP contribution in [0.15, 0.2) is 54.6 Å². The molecule has 35 heavy (non-hydrogen) atoms. The average Bonchev–Trinajstić information content (AvgIpc) is 3.43. The molecule has 0 aliphatic heterocycles. The zero-order valence-electron chi connectivity index (χ0n) is 21.4. The summed E-state index contributed by atoms with van der Waals surface area (Å²) in [6.07, 6.45) is 4.13. The van der Waals surface area contributed by atoms with E-state index < -0.39 is 11.2 Å². The first-order valence-electron chi connectivity index (χ1n) is 13.1. The summed E-state index contributed by atoms with van der Waals surface area (Å²) in [5, 5.41) is 24.5. The van der Waals surface area contributed by atoms with Gasteiger partial charge >= 0.3 is 0 Å². The van der Waals surface area contributed by atoms with E-state index in [0.717, 1.165) is 58.0 Å². The second-order valence-corrected chi connectivity index (χ2v) is 10.9. The summed E-state index contributed by atoms with van der Waals surface area (Å²) in [6, 6.07) is 18.6. The molecule has 0 saturated heterocycles. The van der Waals surface area contributed by atoms with Gasteiger partial charge in [-0.15, -0.1) is 0 Å². The number of benzene rings is 3. The van der Waals surface area contributed by atoms with Crippen molar-refractivity contribution in [2.75, 3.05) is 13.2 Å². The molecule has 2 bridgehead atoms. The lowest BCUT2D eigenvalue weighted by Gasteiger charge is -2.33. The van der Waals surface area contributed by atoms with E-state index in [1.807, 2.05) is 45.9 Å². The van der Waals surface area contributed by atoms with Crippen LogP contribution >= 0.6 is 0 Å². The summed E-state index contributed by atoms with van der Waals surface area (Å²) < 4.78 is 12.2. The molecule has 0 spiro atoms. The Morgan fingerprint density at radius 2 is 1.74 bits per heavy atom. The molecule has 4 heteroatoms. The van der Waals surface area contributed by atoms with Crippen LogP contribution in [0.1, 0.15) is 81.7 Å². The van der Waals surface area contributed by atoms with E-state index in [4.69, 9.17) is 9.47 Å². The van der Waals surface area contributed by atoms with Crippen molar-refractivity contribution in [1.82, 2.24) is 0 Å². The predicted octanol–water partition coefficient (Wildman–Crippen LogP) is 6.60. The molecule has 3 aromatic rings. The van der Waals surface area contributed by atoms with Gasteiger partial charge in [-0.25, -0.2) is 0 Å². The Labute approximate surface area is 208 Å². The molecule has 186 valence electrons. The van der Waals surface area contributed by atoms with Gasteiger partial charge in [0.1, 0.15) is 11.9 Å². The van der Waals surface area contributed by atoms with Crippen LogP contribution in [0.2, 0.25) is 0 Å². The number of aliphatic hydroxyl groups is 2. The third kappa shape index (κ3) is 4.37. The molecule has 2 aliphatic carbocycles. The van der Waals surface area contributed by atoms with E-state index in [-0.39, 0.29) is 6.10 Å². The molecule has 2 fully saturated rings. The maximum absolute atomic E-state index is 11.5. The topological polar surface area (TPSA) is 58.9 Å². The minimum atomic E-state index is -1.02. The van der Waals surface area contributed by atoms with Crippen molar-refractivity contribution in [3.05, 3.63) is 76.9 Å². The van der Waals surface area contributed by atoms with Crippen molar-refractivity contribution in [1.29, 1.82) is 0 Å². The smallest absolute Gasteiger partial charge is 0.127 e. The zero-order valence-corrected chi connectivity index (χ0v) is 21.4. The second kappa shape index (κ2) is 9.24. The Bertz CT molecular complexity index is 1190. The summed E-state index contributed by atoms with van der Waals surface area (Å²) in [5.74, 6) is 1.85. The molecule has 2 aliphatic rings. The highest BCUT2D eigenvalue weighted by atomic mass is 16.5. The highest BCUT2D eigenvalue weighted by molar-refractivity contribution is 5.92. The first-order chi connectivity index (χ1) is 16.7. The monoisotopic (exact) mass is 474 g/mol. The molecular formula is C31H38O4. The van der Waals surface area contributed by atoms with E-state index in [2.05, 4.69) is 36.4 Å². The van der Waals surface area contributed by atoms with Crippen molar-refractivity contribution in [2.24, 2.45) is 11.8 Å². The van der Waals surface area contributed by atoms with Crippen LogP contribution < -0.4 is 4.74 Å². The molecule has 0 aromatic heterocycles. The highest BCUT2D eigenvalue weighted by Gasteiger charge is 2.50. The fourth-order valence-corrected chi connectivity index (χ4v) is 6.47. The molecule has 4 nitrogen and oxygen atoms in total. The van der Waals surface area contributed by atoms with Crippen molar-refractivity contribution < 1.29 is 19.7 Å². The van der Waals surface area contributed by atoms with Crippen molar-refractivity contribution in [3.8, 4) is 5.75 Å². The fourth-order valence-electron chi connectivity index (χ4n) is 6.47. The van der Waals surface area contributed by atoms with E-state index in [1.165, 1.54) is 6.42 Å². The first kappa shape index (κ1) is 24.3. The van der Waals surface area contributed by atoms with Crippen molar-refractivity contribution in [2.45, 2.75) is 70.7 Å². The quantitative estimate of drug-likeness (QED) is 0.386. The lowest BCUT2D eigenvalue weighted by atomic mass is 9.78. The van der Waals surface area contributed by atoms with Gasteiger partial charge in [-0.3, -0.25) is 0 Å². The molecule has 0 amide bonds. The SMILES string of the molecule is CCOc1cccc2c(C(C)(C)O)cc(C(OCC)c3ccc(C4(O)CC5CCC4C5)cc3)cc12. The number of fused-ring (bicyclic) bond motifs is 3. The van der Waals surface area contributed by atoms with Crippen LogP contribution in [0.5, 0.6) is 5.75 Å². The van der Waals surface area contributed by atoms with Gasteiger partial charge < -0.3 is 19.7 Å². The van der Waals surface area contributed by atoms with Crippen LogP contribution in [-0.4, -0.2) is 23.4 Å². The third-order valence-corrected chi connectivity index (χ3v) is 8.10.